The van der Waals surface area contributed by atoms with Crippen LogP contribution in [0, 0.1) is 0 Å². The normalized spacial score (nSPS) is 10.4. The quantitative estimate of drug-likeness (QED) is 0.230. The van der Waals surface area contributed by atoms with Gasteiger partial charge in [0.15, 0.2) is 0 Å². The number of ether oxygens (including phenoxy) is 3. The first kappa shape index (κ1) is 21.9. The van der Waals surface area contributed by atoms with Gasteiger partial charge in [-0.05, 0) is 24.6 Å². The largest absolute Gasteiger partial charge is 1.00 e. The summed E-state index contributed by atoms with van der Waals surface area (Å²) >= 11 is 0. The summed E-state index contributed by atoms with van der Waals surface area (Å²) in [6.07, 6.45) is -0.0121. The zero-order chi connectivity index (χ0) is 16.8. The summed E-state index contributed by atoms with van der Waals surface area (Å²) in [4.78, 5) is 23.1. The van der Waals surface area contributed by atoms with E-state index in [0.717, 1.165) is 0 Å². The molecule has 0 aliphatic carbocycles. The van der Waals surface area contributed by atoms with Crippen LogP contribution in [-0.4, -0.2) is 51.5 Å². The van der Waals surface area contributed by atoms with Gasteiger partial charge in [-0.15, -0.1) is 0 Å². The first-order chi connectivity index (χ1) is 10.3. The second-order valence-electron chi connectivity index (χ2n) is 4.19. The molecule has 0 saturated heterocycles. The van der Waals surface area contributed by atoms with Gasteiger partial charge in [0.2, 0.25) is 0 Å². The van der Waals surface area contributed by atoms with Crippen molar-refractivity contribution in [2.75, 3.05) is 26.6 Å². The predicted molar refractivity (Wildman–Crippen MR) is 73.8 cm³/mol. The van der Waals surface area contributed by atoms with E-state index < -0.39 is 27.8 Å². The van der Waals surface area contributed by atoms with E-state index in [9.17, 15) is 22.6 Å². The van der Waals surface area contributed by atoms with E-state index in [2.05, 4.69) is 9.47 Å². The van der Waals surface area contributed by atoms with E-state index >= 15 is 0 Å². The van der Waals surface area contributed by atoms with Crippen LogP contribution >= 0.6 is 0 Å². The predicted octanol–water partition coefficient (Wildman–Crippen LogP) is -2.42. The van der Waals surface area contributed by atoms with Crippen LogP contribution in [0.25, 0.3) is 0 Å². The molecule has 0 fully saturated rings. The van der Waals surface area contributed by atoms with Gasteiger partial charge in [0, 0.05) is 5.75 Å². The number of methoxy groups -OCH3 is 2. The molecule has 0 amide bonds. The molecule has 0 spiro atoms. The third-order valence-corrected chi connectivity index (χ3v) is 3.34. The van der Waals surface area contributed by atoms with Crippen molar-refractivity contribution in [3.05, 3.63) is 29.3 Å². The second kappa shape index (κ2) is 9.89. The summed E-state index contributed by atoms with van der Waals surface area (Å²) in [5, 5.41) is 0. The number of hydrogen-bond donors (Lipinski definition) is 0. The molecule has 0 aromatic heterocycles. The molecule has 0 aliphatic rings. The number of benzene rings is 1. The van der Waals surface area contributed by atoms with Gasteiger partial charge in [0.25, 0.3) is 0 Å². The van der Waals surface area contributed by atoms with Crippen molar-refractivity contribution in [2.24, 2.45) is 0 Å². The monoisotopic (exact) mass is 354 g/mol. The fourth-order valence-electron chi connectivity index (χ4n) is 1.58. The Balaban J connectivity index is 0.00000484. The molecule has 0 aliphatic heterocycles. The summed E-state index contributed by atoms with van der Waals surface area (Å²) in [6, 6.07) is 3.96. The first-order valence-electron chi connectivity index (χ1n) is 6.15. The van der Waals surface area contributed by atoms with E-state index in [1.54, 1.807) is 0 Å². The molecular formula is C13H15NaO8S. The third kappa shape index (κ3) is 7.80. The van der Waals surface area contributed by atoms with Crippen LogP contribution in [0.15, 0.2) is 18.2 Å². The Labute approximate surface area is 156 Å². The molecule has 10 heteroatoms. The first-order valence-corrected chi connectivity index (χ1v) is 7.72. The molecule has 1 aromatic rings. The van der Waals surface area contributed by atoms with Gasteiger partial charge in [-0.1, -0.05) is 0 Å². The fourth-order valence-corrected chi connectivity index (χ4v) is 2.05. The van der Waals surface area contributed by atoms with Crippen LogP contribution in [0.5, 0.6) is 5.75 Å². The summed E-state index contributed by atoms with van der Waals surface area (Å²) in [6.45, 7) is -0.0628. The van der Waals surface area contributed by atoms with E-state index in [1.807, 2.05) is 0 Å². The fraction of sp³-hybridized carbons (Fsp3) is 0.385. The van der Waals surface area contributed by atoms with Crippen molar-refractivity contribution in [1.82, 2.24) is 0 Å². The van der Waals surface area contributed by atoms with Gasteiger partial charge in [-0.3, -0.25) is 0 Å². The molecule has 0 saturated carbocycles. The molecule has 0 bridgehead atoms. The smallest absolute Gasteiger partial charge is 0.748 e. The van der Waals surface area contributed by atoms with E-state index in [4.69, 9.17) is 4.74 Å². The number of hydrogen-bond acceptors (Lipinski definition) is 8. The van der Waals surface area contributed by atoms with Crippen molar-refractivity contribution in [3.63, 3.8) is 0 Å². The number of esters is 2. The average molecular weight is 354 g/mol. The molecule has 0 radical (unpaired) electrons. The summed E-state index contributed by atoms with van der Waals surface area (Å²) in [5.74, 6) is -1.74. The second-order valence-corrected chi connectivity index (χ2v) is 5.72. The Morgan fingerprint density at radius 3 is 1.91 bits per heavy atom. The van der Waals surface area contributed by atoms with Crippen LogP contribution in [0.2, 0.25) is 0 Å². The molecule has 23 heavy (non-hydrogen) atoms. The number of rotatable bonds is 7. The van der Waals surface area contributed by atoms with Crippen LogP contribution in [-0.2, 0) is 19.6 Å². The standard InChI is InChI=1S/C13H16O8S.Na/c1-19-12(14)9-6-10(13(15)20-2)8-11(7-9)21-4-3-5-22(16,17)18;/h6-8H,3-5H2,1-2H3,(H,16,17,18);/q;+1/p-1. The van der Waals surface area contributed by atoms with Crippen molar-refractivity contribution in [1.29, 1.82) is 0 Å². The van der Waals surface area contributed by atoms with Gasteiger partial charge in [-0.25, -0.2) is 18.0 Å². The zero-order valence-corrected chi connectivity index (χ0v) is 15.8. The summed E-state index contributed by atoms with van der Waals surface area (Å²) in [7, 11) is -1.93. The molecule has 0 heterocycles. The van der Waals surface area contributed by atoms with E-state index in [1.165, 1.54) is 32.4 Å². The average Bonchev–Trinajstić information content (AvgIpc) is 2.48. The van der Waals surface area contributed by atoms with Crippen molar-refractivity contribution in [3.8, 4) is 5.75 Å². The van der Waals surface area contributed by atoms with Gasteiger partial charge in [-0.2, -0.15) is 0 Å². The maximum atomic E-state index is 11.5. The summed E-state index contributed by atoms with van der Waals surface area (Å²) in [5.41, 5.74) is 0.161. The minimum absolute atomic E-state index is 0. The van der Waals surface area contributed by atoms with Crippen LogP contribution in [0.4, 0.5) is 0 Å². The minimum Gasteiger partial charge on any atom is -0.748 e. The van der Waals surface area contributed by atoms with Crippen molar-refractivity contribution < 1.29 is 66.3 Å². The van der Waals surface area contributed by atoms with Gasteiger partial charge < -0.3 is 18.8 Å². The van der Waals surface area contributed by atoms with E-state index in [0.29, 0.717) is 0 Å². The van der Waals surface area contributed by atoms with E-state index in [-0.39, 0.29) is 59.5 Å². The van der Waals surface area contributed by atoms with Crippen LogP contribution in [0.3, 0.4) is 0 Å². The Morgan fingerprint density at radius 1 is 1.04 bits per heavy atom. The maximum Gasteiger partial charge on any atom is 1.00 e. The molecule has 8 nitrogen and oxygen atoms in total. The van der Waals surface area contributed by atoms with Crippen molar-refractivity contribution >= 4 is 22.1 Å². The molecule has 0 unspecified atom stereocenters. The molecule has 0 N–H and O–H groups in total. The van der Waals surface area contributed by atoms with Gasteiger partial charge >= 0.3 is 41.5 Å². The Kier molecular flexibility index (Phi) is 9.40. The van der Waals surface area contributed by atoms with Crippen molar-refractivity contribution in [2.45, 2.75) is 6.42 Å². The zero-order valence-electron chi connectivity index (χ0n) is 13.0. The van der Waals surface area contributed by atoms with Crippen LogP contribution < -0.4 is 34.3 Å². The number of carbonyl (C=O) groups excluding carboxylic acids is 2. The Hall–Kier alpha value is -1.13. The topological polar surface area (TPSA) is 119 Å². The van der Waals surface area contributed by atoms with Gasteiger partial charge in [0.1, 0.15) is 5.75 Å². The van der Waals surface area contributed by atoms with Gasteiger partial charge in [0.05, 0.1) is 42.1 Å². The number of carbonyl (C=O) groups is 2. The third-order valence-electron chi connectivity index (χ3n) is 2.56. The molecule has 122 valence electrons. The summed E-state index contributed by atoms with van der Waals surface area (Å²) < 4.78 is 45.8. The molecule has 1 aromatic carbocycles. The molecular weight excluding hydrogens is 339 g/mol. The molecule has 1 rings (SSSR count). The minimum atomic E-state index is -4.31. The Bertz CT molecular complexity index is 622. The SMILES string of the molecule is COC(=O)c1cc(OCCCS(=O)(=O)[O-])cc(C(=O)OC)c1.[Na+]. The Morgan fingerprint density at radius 2 is 1.52 bits per heavy atom. The molecule has 0 atom stereocenters. The maximum absolute atomic E-state index is 11.5. The van der Waals surface area contributed by atoms with Crippen LogP contribution in [0.1, 0.15) is 27.1 Å².